The van der Waals surface area contributed by atoms with E-state index in [0.29, 0.717) is 24.5 Å². The quantitative estimate of drug-likeness (QED) is 0.668. The van der Waals surface area contributed by atoms with Crippen molar-refractivity contribution < 1.29 is 9.13 Å². The zero-order valence-electron chi connectivity index (χ0n) is 10.1. The molecule has 2 aromatic rings. The average molecular weight is 266 g/mol. The monoisotopic (exact) mass is 266 g/mol. The molecule has 1 heterocycles. The highest BCUT2D eigenvalue weighted by Crippen LogP contribution is 2.16. The molecule has 2 rings (SSSR count). The van der Waals surface area contributed by atoms with E-state index >= 15 is 0 Å². The molecular formula is C13H15FN2OS. The Labute approximate surface area is 109 Å². The second-order valence-electron chi connectivity index (χ2n) is 4.01. The summed E-state index contributed by atoms with van der Waals surface area (Å²) in [6.45, 7) is 2.90. The van der Waals surface area contributed by atoms with Crippen LogP contribution in [0.4, 0.5) is 10.1 Å². The Morgan fingerprint density at radius 1 is 1.44 bits per heavy atom. The summed E-state index contributed by atoms with van der Waals surface area (Å²) in [6.07, 6.45) is 0.825. The zero-order valence-corrected chi connectivity index (χ0v) is 11.0. The van der Waals surface area contributed by atoms with E-state index in [4.69, 9.17) is 10.5 Å². The largest absolute Gasteiger partial charge is 0.398 e. The summed E-state index contributed by atoms with van der Waals surface area (Å²) in [7, 11) is 0. The molecule has 0 atom stereocenters. The topological polar surface area (TPSA) is 48.1 Å². The number of benzene rings is 1. The summed E-state index contributed by atoms with van der Waals surface area (Å²) in [5.74, 6) is -0.291. The second-order valence-corrected chi connectivity index (χ2v) is 4.95. The van der Waals surface area contributed by atoms with Gasteiger partial charge >= 0.3 is 0 Å². The highest BCUT2D eigenvalue weighted by molar-refractivity contribution is 7.09. The number of thiazole rings is 1. The van der Waals surface area contributed by atoms with E-state index in [1.54, 1.807) is 17.4 Å². The van der Waals surface area contributed by atoms with Crippen molar-refractivity contribution in [1.82, 2.24) is 4.98 Å². The third-order valence-corrected chi connectivity index (χ3v) is 3.68. The number of nitrogens with zero attached hydrogens (tertiary/aromatic N) is 1. The van der Waals surface area contributed by atoms with Crippen molar-refractivity contribution in [1.29, 1.82) is 0 Å². The van der Waals surface area contributed by atoms with Gasteiger partial charge in [0, 0.05) is 22.5 Å². The van der Waals surface area contributed by atoms with Crippen molar-refractivity contribution in [3.63, 3.8) is 0 Å². The van der Waals surface area contributed by atoms with Crippen molar-refractivity contribution in [2.45, 2.75) is 20.0 Å². The van der Waals surface area contributed by atoms with Crippen LogP contribution in [-0.2, 0) is 17.8 Å². The molecule has 96 valence electrons. The molecule has 0 aliphatic rings. The molecule has 0 amide bonds. The van der Waals surface area contributed by atoms with Gasteiger partial charge in [-0.05, 0) is 25.1 Å². The molecule has 0 saturated carbocycles. The van der Waals surface area contributed by atoms with Gasteiger partial charge < -0.3 is 10.5 Å². The molecule has 0 aliphatic heterocycles. The van der Waals surface area contributed by atoms with Crippen molar-refractivity contribution >= 4 is 17.0 Å². The Balaban J connectivity index is 1.82. The summed E-state index contributed by atoms with van der Waals surface area (Å²) in [4.78, 5) is 5.40. The van der Waals surface area contributed by atoms with Gasteiger partial charge in [0.25, 0.3) is 0 Å². The minimum atomic E-state index is -0.291. The lowest BCUT2D eigenvalue weighted by atomic mass is 10.2. The van der Waals surface area contributed by atoms with Gasteiger partial charge in [-0.15, -0.1) is 11.3 Å². The SMILES string of the molecule is Cc1ncsc1CCOCc1cc(F)ccc1N. The minimum Gasteiger partial charge on any atom is -0.398 e. The Morgan fingerprint density at radius 2 is 2.28 bits per heavy atom. The number of hydrogen-bond donors (Lipinski definition) is 1. The van der Waals surface area contributed by atoms with Crippen LogP contribution in [0.5, 0.6) is 0 Å². The molecule has 0 bridgehead atoms. The maximum atomic E-state index is 13.0. The van der Waals surface area contributed by atoms with Gasteiger partial charge in [-0.2, -0.15) is 0 Å². The van der Waals surface area contributed by atoms with Crippen LogP contribution in [0.1, 0.15) is 16.1 Å². The first kappa shape index (κ1) is 13.0. The second kappa shape index (κ2) is 5.93. The minimum absolute atomic E-state index is 0.291. The molecule has 3 nitrogen and oxygen atoms in total. The Kier molecular flexibility index (Phi) is 4.28. The van der Waals surface area contributed by atoms with Crippen LogP contribution < -0.4 is 5.73 Å². The number of nitrogens with two attached hydrogens (primary N) is 1. The van der Waals surface area contributed by atoms with Gasteiger partial charge in [-0.3, -0.25) is 0 Å². The first-order valence-corrected chi connectivity index (χ1v) is 6.55. The van der Waals surface area contributed by atoms with Gasteiger partial charge in [0.1, 0.15) is 5.82 Å². The van der Waals surface area contributed by atoms with E-state index in [-0.39, 0.29) is 5.82 Å². The van der Waals surface area contributed by atoms with Crippen molar-refractivity contribution in [2.75, 3.05) is 12.3 Å². The number of hydrogen-bond acceptors (Lipinski definition) is 4. The van der Waals surface area contributed by atoms with Crippen molar-refractivity contribution in [2.24, 2.45) is 0 Å². The third-order valence-electron chi connectivity index (χ3n) is 2.68. The van der Waals surface area contributed by atoms with E-state index in [1.165, 1.54) is 17.0 Å². The van der Waals surface area contributed by atoms with Crippen LogP contribution in [0.2, 0.25) is 0 Å². The first-order chi connectivity index (χ1) is 8.66. The Morgan fingerprint density at radius 3 is 3.00 bits per heavy atom. The maximum Gasteiger partial charge on any atom is 0.123 e. The van der Waals surface area contributed by atoms with Crippen LogP contribution in [0.3, 0.4) is 0 Å². The zero-order chi connectivity index (χ0) is 13.0. The first-order valence-electron chi connectivity index (χ1n) is 5.67. The summed E-state index contributed by atoms with van der Waals surface area (Å²) < 4.78 is 18.5. The molecule has 18 heavy (non-hydrogen) atoms. The van der Waals surface area contributed by atoms with Crippen LogP contribution in [0.25, 0.3) is 0 Å². The number of aryl methyl sites for hydroxylation is 1. The summed E-state index contributed by atoms with van der Waals surface area (Å²) >= 11 is 1.63. The highest BCUT2D eigenvalue weighted by atomic mass is 32.1. The van der Waals surface area contributed by atoms with Gasteiger partial charge in [0.2, 0.25) is 0 Å². The Hall–Kier alpha value is -1.46. The molecule has 0 radical (unpaired) electrons. The molecule has 5 heteroatoms. The number of aromatic nitrogens is 1. The van der Waals surface area contributed by atoms with Crippen LogP contribution in [-0.4, -0.2) is 11.6 Å². The summed E-state index contributed by atoms with van der Waals surface area (Å²) in [5, 5.41) is 0. The normalized spacial score (nSPS) is 10.8. The van der Waals surface area contributed by atoms with Crippen molar-refractivity contribution in [3.8, 4) is 0 Å². The fourth-order valence-electron chi connectivity index (χ4n) is 1.61. The van der Waals surface area contributed by atoms with E-state index in [9.17, 15) is 4.39 Å². The molecule has 1 aromatic carbocycles. The van der Waals surface area contributed by atoms with E-state index < -0.39 is 0 Å². The van der Waals surface area contributed by atoms with Gasteiger partial charge in [0.05, 0.1) is 24.4 Å². The lowest BCUT2D eigenvalue weighted by Crippen LogP contribution is -2.02. The average Bonchev–Trinajstić information content (AvgIpc) is 2.75. The molecule has 1 aromatic heterocycles. The maximum absolute atomic E-state index is 13.0. The summed E-state index contributed by atoms with van der Waals surface area (Å²) in [5.41, 5.74) is 9.87. The molecule has 0 fully saturated rings. The molecule has 0 unspecified atom stereocenters. The third kappa shape index (κ3) is 3.27. The van der Waals surface area contributed by atoms with E-state index in [1.807, 2.05) is 12.4 Å². The van der Waals surface area contributed by atoms with Crippen LogP contribution >= 0.6 is 11.3 Å². The lowest BCUT2D eigenvalue weighted by Gasteiger charge is -2.07. The molecule has 0 saturated heterocycles. The number of anilines is 1. The number of rotatable bonds is 5. The van der Waals surface area contributed by atoms with Gasteiger partial charge in [-0.25, -0.2) is 9.37 Å². The fourth-order valence-corrected chi connectivity index (χ4v) is 2.37. The predicted molar refractivity (Wildman–Crippen MR) is 71.0 cm³/mol. The van der Waals surface area contributed by atoms with Crippen molar-refractivity contribution in [3.05, 3.63) is 45.7 Å². The van der Waals surface area contributed by atoms with E-state index in [2.05, 4.69) is 4.98 Å². The van der Waals surface area contributed by atoms with Gasteiger partial charge in [-0.1, -0.05) is 0 Å². The van der Waals surface area contributed by atoms with Gasteiger partial charge in [0.15, 0.2) is 0 Å². The standard InChI is InChI=1S/C13H15FN2OS/c1-9-13(18-8-16-9)4-5-17-7-10-6-11(14)2-3-12(10)15/h2-3,6,8H,4-5,7,15H2,1H3. The fraction of sp³-hybridized carbons (Fsp3) is 0.308. The molecule has 0 spiro atoms. The number of ether oxygens (including phenoxy) is 1. The van der Waals surface area contributed by atoms with Crippen LogP contribution in [0, 0.1) is 12.7 Å². The highest BCUT2D eigenvalue weighted by Gasteiger charge is 2.03. The summed E-state index contributed by atoms with van der Waals surface area (Å²) in [6, 6.07) is 4.31. The number of nitrogen functional groups attached to an aromatic ring is 1. The molecule has 0 aliphatic carbocycles. The Bertz CT molecular complexity index is 527. The lowest BCUT2D eigenvalue weighted by molar-refractivity contribution is 0.124. The van der Waals surface area contributed by atoms with Crippen LogP contribution in [0.15, 0.2) is 23.7 Å². The molecule has 2 N–H and O–H groups in total. The number of halogens is 1. The predicted octanol–water partition coefficient (Wildman–Crippen LogP) is 2.93. The molecular weight excluding hydrogens is 251 g/mol. The smallest absolute Gasteiger partial charge is 0.123 e. The van der Waals surface area contributed by atoms with E-state index in [0.717, 1.165) is 12.1 Å².